The summed E-state index contributed by atoms with van der Waals surface area (Å²) in [5.74, 6) is 0.253. The number of fused-ring (bicyclic) bond motifs is 1. The summed E-state index contributed by atoms with van der Waals surface area (Å²) in [4.78, 5) is 11.2. The van der Waals surface area contributed by atoms with E-state index in [0.717, 1.165) is 12.2 Å². The molecule has 0 amide bonds. The van der Waals surface area contributed by atoms with Gasteiger partial charge in [0.05, 0.1) is 7.11 Å². The Kier molecular flexibility index (Phi) is 3.57. The lowest BCUT2D eigenvalue weighted by Crippen LogP contribution is -2.42. The van der Waals surface area contributed by atoms with Gasteiger partial charge in [-0.15, -0.1) is 0 Å². The maximum Gasteiger partial charge on any atom is 0.303 e. The lowest BCUT2D eigenvalue weighted by Gasteiger charge is -2.47. The van der Waals surface area contributed by atoms with E-state index in [1.807, 2.05) is 6.07 Å². The first kappa shape index (κ1) is 14.9. The smallest absolute Gasteiger partial charge is 0.303 e. The van der Waals surface area contributed by atoms with Crippen molar-refractivity contribution in [2.75, 3.05) is 7.11 Å². The van der Waals surface area contributed by atoms with E-state index in [1.165, 1.54) is 11.1 Å². The van der Waals surface area contributed by atoms with Crippen LogP contribution < -0.4 is 4.74 Å². The van der Waals surface area contributed by atoms with Gasteiger partial charge in [-0.1, -0.05) is 33.8 Å². The lowest BCUT2D eigenvalue weighted by atomic mass is 9.57. The number of hydrogen-bond donors (Lipinski definition) is 1. The van der Waals surface area contributed by atoms with Crippen molar-refractivity contribution >= 4 is 5.97 Å². The maximum atomic E-state index is 11.2. The molecule has 0 radical (unpaired) electrons. The zero-order valence-electron chi connectivity index (χ0n) is 13.0. The molecule has 1 atom stereocenters. The van der Waals surface area contributed by atoms with Crippen molar-refractivity contribution in [3.63, 3.8) is 0 Å². The van der Waals surface area contributed by atoms with Crippen molar-refractivity contribution in [2.24, 2.45) is 5.92 Å². The molecule has 2 rings (SSSR count). The van der Waals surface area contributed by atoms with Crippen molar-refractivity contribution in [3.05, 3.63) is 29.3 Å². The second-order valence-electron chi connectivity index (χ2n) is 7.02. The third-order valence-electron chi connectivity index (χ3n) is 4.85. The Hall–Kier alpha value is -1.51. The van der Waals surface area contributed by atoms with Gasteiger partial charge in [-0.25, -0.2) is 0 Å². The molecule has 0 aliphatic heterocycles. The van der Waals surface area contributed by atoms with Gasteiger partial charge in [0.1, 0.15) is 5.75 Å². The van der Waals surface area contributed by atoms with E-state index < -0.39 is 5.97 Å². The van der Waals surface area contributed by atoms with Crippen LogP contribution in [0.3, 0.4) is 0 Å². The number of aliphatic carboxylic acids is 1. The molecule has 0 saturated carbocycles. The molecule has 1 aliphatic rings. The highest BCUT2D eigenvalue weighted by Crippen LogP contribution is 2.51. The van der Waals surface area contributed by atoms with Crippen LogP contribution in [-0.2, 0) is 15.6 Å². The summed E-state index contributed by atoms with van der Waals surface area (Å²) in [6.45, 7) is 8.69. The molecule has 20 heavy (non-hydrogen) atoms. The van der Waals surface area contributed by atoms with Crippen LogP contribution in [0.5, 0.6) is 5.75 Å². The largest absolute Gasteiger partial charge is 0.497 e. The fourth-order valence-corrected chi connectivity index (χ4v) is 3.51. The summed E-state index contributed by atoms with van der Waals surface area (Å²) in [6.07, 6.45) is 1.11. The number of methoxy groups -OCH3 is 1. The van der Waals surface area contributed by atoms with Crippen LogP contribution >= 0.6 is 0 Å². The number of carboxylic acid groups (broad SMARTS) is 1. The van der Waals surface area contributed by atoms with Gasteiger partial charge in [0.15, 0.2) is 0 Å². The second kappa shape index (κ2) is 4.80. The molecular weight excluding hydrogens is 252 g/mol. The molecule has 110 valence electrons. The van der Waals surface area contributed by atoms with Crippen LogP contribution in [-0.4, -0.2) is 18.2 Å². The molecule has 3 heteroatoms. The predicted octanol–water partition coefficient (Wildman–Crippen LogP) is 3.75. The number of rotatable bonds is 3. The number of benzene rings is 1. The number of carboxylic acids is 1. The molecule has 1 aromatic rings. The molecule has 0 fully saturated rings. The average Bonchev–Trinajstić information content (AvgIpc) is 2.35. The van der Waals surface area contributed by atoms with Crippen LogP contribution in [0.15, 0.2) is 18.2 Å². The normalized spacial score (nSPS) is 22.9. The molecule has 3 nitrogen and oxygen atoms in total. The predicted molar refractivity (Wildman–Crippen MR) is 79.4 cm³/mol. The van der Waals surface area contributed by atoms with E-state index in [0.29, 0.717) is 0 Å². The number of ether oxygens (including phenoxy) is 1. The maximum absolute atomic E-state index is 11.2. The summed E-state index contributed by atoms with van der Waals surface area (Å²) in [7, 11) is 1.66. The van der Waals surface area contributed by atoms with Crippen molar-refractivity contribution in [1.82, 2.24) is 0 Å². The summed E-state index contributed by atoms with van der Waals surface area (Å²) >= 11 is 0. The topological polar surface area (TPSA) is 46.5 Å². The van der Waals surface area contributed by atoms with E-state index in [-0.39, 0.29) is 23.2 Å². The Morgan fingerprint density at radius 2 is 1.95 bits per heavy atom. The molecule has 1 aliphatic carbocycles. The van der Waals surface area contributed by atoms with Crippen molar-refractivity contribution < 1.29 is 14.6 Å². The van der Waals surface area contributed by atoms with Crippen LogP contribution in [0.25, 0.3) is 0 Å². The highest BCUT2D eigenvalue weighted by atomic mass is 16.5. The summed E-state index contributed by atoms with van der Waals surface area (Å²) < 4.78 is 5.34. The summed E-state index contributed by atoms with van der Waals surface area (Å²) in [6, 6.07) is 6.20. The molecule has 1 aromatic carbocycles. The van der Waals surface area contributed by atoms with Crippen molar-refractivity contribution in [2.45, 2.75) is 51.4 Å². The Balaban J connectivity index is 2.56. The first-order valence-corrected chi connectivity index (χ1v) is 7.09. The molecule has 0 saturated heterocycles. The van der Waals surface area contributed by atoms with Crippen LogP contribution in [0.1, 0.15) is 51.7 Å². The Labute approximate surface area is 121 Å². The van der Waals surface area contributed by atoms with Gasteiger partial charge >= 0.3 is 5.97 Å². The van der Waals surface area contributed by atoms with E-state index >= 15 is 0 Å². The molecule has 0 aromatic heterocycles. The van der Waals surface area contributed by atoms with Gasteiger partial charge in [-0.05, 0) is 46.4 Å². The lowest BCUT2D eigenvalue weighted by molar-refractivity contribution is -0.139. The van der Waals surface area contributed by atoms with E-state index in [9.17, 15) is 9.90 Å². The minimum atomic E-state index is -0.717. The van der Waals surface area contributed by atoms with Crippen LogP contribution in [0, 0.1) is 5.92 Å². The molecule has 1 unspecified atom stereocenters. The molecule has 0 heterocycles. The van der Waals surface area contributed by atoms with E-state index in [2.05, 4.69) is 39.8 Å². The van der Waals surface area contributed by atoms with Crippen molar-refractivity contribution in [3.8, 4) is 5.75 Å². The zero-order chi connectivity index (χ0) is 15.1. The minimum Gasteiger partial charge on any atom is -0.497 e. The molecular formula is C17H24O3. The fraction of sp³-hybridized carbons (Fsp3) is 0.588. The monoisotopic (exact) mass is 276 g/mol. The van der Waals surface area contributed by atoms with Crippen LogP contribution in [0.2, 0.25) is 0 Å². The van der Waals surface area contributed by atoms with Gasteiger partial charge in [0.25, 0.3) is 0 Å². The first-order valence-electron chi connectivity index (χ1n) is 7.09. The highest BCUT2D eigenvalue weighted by molar-refractivity contribution is 5.67. The van der Waals surface area contributed by atoms with Gasteiger partial charge < -0.3 is 9.84 Å². The zero-order valence-corrected chi connectivity index (χ0v) is 13.0. The van der Waals surface area contributed by atoms with Gasteiger partial charge in [0.2, 0.25) is 0 Å². The van der Waals surface area contributed by atoms with Gasteiger partial charge in [-0.3, -0.25) is 4.79 Å². The third kappa shape index (κ3) is 2.41. The second-order valence-corrected chi connectivity index (χ2v) is 7.02. The van der Waals surface area contributed by atoms with Crippen molar-refractivity contribution in [1.29, 1.82) is 0 Å². The number of carbonyl (C=O) groups is 1. The Morgan fingerprint density at radius 3 is 2.50 bits per heavy atom. The standard InChI is InChI=1S/C17H24O3/c1-16(2)10-11(8-15(18)19)17(3,4)14-9-12(20-5)6-7-13(14)16/h6-7,9,11H,8,10H2,1-5H3,(H,18,19). The number of hydrogen-bond acceptors (Lipinski definition) is 2. The minimum absolute atomic E-state index is 0.00274. The van der Waals surface area contributed by atoms with Gasteiger partial charge in [-0.2, -0.15) is 0 Å². The fourth-order valence-electron chi connectivity index (χ4n) is 3.51. The third-order valence-corrected chi connectivity index (χ3v) is 4.85. The Bertz CT molecular complexity index is 529. The van der Waals surface area contributed by atoms with Crippen LogP contribution in [0.4, 0.5) is 0 Å². The Morgan fingerprint density at radius 1 is 1.30 bits per heavy atom. The van der Waals surface area contributed by atoms with E-state index in [1.54, 1.807) is 7.11 Å². The average molecular weight is 276 g/mol. The SMILES string of the molecule is COc1ccc2c(c1)C(C)(C)C(CC(=O)O)CC2(C)C. The summed E-state index contributed by atoms with van der Waals surface area (Å²) in [5.41, 5.74) is 2.37. The molecule has 1 N–H and O–H groups in total. The van der Waals surface area contributed by atoms with Gasteiger partial charge in [0, 0.05) is 6.42 Å². The first-order chi connectivity index (χ1) is 9.18. The quantitative estimate of drug-likeness (QED) is 0.914. The molecule has 0 spiro atoms. The molecule has 0 bridgehead atoms. The highest BCUT2D eigenvalue weighted by Gasteiger charge is 2.44. The summed E-state index contributed by atoms with van der Waals surface area (Å²) in [5, 5.41) is 9.19. The van der Waals surface area contributed by atoms with E-state index in [4.69, 9.17) is 4.74 Å².